The van der Waals surface area contributed by atoms with Crippen LogP contribution in [-0.2, 0) is 20.4 Å². The van der Waals surface area contributed by atoms with E-state index in [-0.39, 0.29) is 23.0 Å². The van der Waals surface area contributed by atoms with Crippen LogP contribution >= 0.6 is 0 Å². The van der Waals surface area contributed by atoms with Gasteiger partial charge < -0.3 is 5.32 Å². The van der Waals surface area contributed by atoms with Crippen LogP contribution in [0.5, 0.6) is 0 Å². The maximum absolute atomic E-state index is 12.7. The predicted molar refractivity (Wildman–Crippen MR) is 93.9 cm³/mol. The van der Waals surface area contributed by atoms with E-state index in [1.54, 1.807) is 18.2 Å². The lowest BCUT2D eigenvalue weighted by Gasteiger charge is -2.38. The van der Waals surface area contributed by atoms with E-state index >= 15 is 0 Å². The third-order valence-electron chi connectivity index (χ3n) is 4.45. The molecule has 0 spiro atoms. The van der Waals surface area contributed by atoms with Gasteiger partial charge in [-0.1, -0.05) is 39.0 Å². The smallest absolute Gasteiger partial charge is 0.227 e. The second-order valence-electron chi connectivity index (χ2n) is 7.83. The molecule has 1 aliphatic rings. The summed E-state index contributed by atoms with van der Waals surface area (Å²) in [6.07, 6.45) is 4.11. The van der Waals surface area contributed by atoms with Gasteiger partial charge in [0.2, 0.25) is 5.91 Å². The molecule has 0 saturated heterocycles. The number of benzene rings is 1. The summed E-state index contributed by atoms with van der Waals surface area (Å²) in [6.45, 7) is 6.61. The zero-order valence-corrected chi connectivity index (χ0v) is 15.2. The number of anilines is 1. The molecular formula is C18H27NO3S. The van der Waals surface area contributed by atoms with Crippen molar-refractivity contribution >= 4 is 21.4 Å². The lowest BCUT2D eigenvalue weighted by molar-refractivity contribution is -0.122. The second kappa shape index (κ2) is 6.63. The van der Waals surface area contributed by atoms with Crippen LogP contribution in [0.1, 0.15) is 45.6 Å². The fraction of sp³-hybridized carbons (Fsp3) is 0.611. The van der Waals surface area contributed by atoms with Gasteiger partial charge in [0.25, 0.3) is 0 Å². The third-order valence-corrected chi connectivity index (χ3v) is 5.29. The molecule has 0 aliphatic heterocycles. The van der Waals surface area contributed by atoms with Crippen LogP contribution in [0.4, 0.5) is 5.69 Å². The van der Waals surface area contributed by atoms with Crippen LogP contribution in [0, 0.1) is 17.3 Å². The fourth-order valence-corrected chi connectivity index (χ4v) is 4.65. The number of para-hydroxylation sites is 1. The first-order valence-corrected chi connectivity index (χ1v) is 10.2. The Morgan fingerprint density at radius 1 is 1.26 bits per heavy atom. The van der Waals surface area contributed by atoms with Crippen molar-refractivity contribution in [1.82, 2.24) is 0 Å². The van der Waals surface area contributed by atoms with E-state index in [0.717, 1.165) is 19.3 Å². The average Bonchev–Trinajstić information content (AvgIpc) is 2.37. The van der Waals surface area contributed by atoms with Gasteiger partial charge in [0.15, 0.2) is 9.84 Å². The van der Waals surface area contributed by atoms with E-state index < -0.39 is 9.84 Å². The molecule has 2 rings (SSSR count). The minimum Gasteiger partial charge on any atom is -0.326 e. The summed E-state index contributed by atoms with van der Waals surface area (Å²) in [5.41, 5.74) is 1.43. The van der Waals surface area contributed by atoms with E-state index in [4.69, 9.17) is 0 Å². The third kappa shape index (κ3) is 5.34. The van der Waals surface area contributed by atoms with Gasteiger partial charge in [-0.2, -0.15) is 0 Å². The maximum Gasteiger partial charge on any atom is 0.227 e. The minimum absolute atomic E-state index is 0.00516. The molecule has 0 unspecified atom stereocenters. The molecule has 0 heterocycles. The number of carbonyl (C=O) groups excluding carboxylic acids is 1. The molecule has 1 aromatic rings. The Morgan fingerprint density at radius 3 is 2.52 bits per heavy atom. The van der Waals surface area contributed by atoms with Gasteiger partial charge >= 0.3 is 0 Å². The van der Waals surface area contributed by atoms with Gasteiger partial charge in [-0.05, 0) is 42.2 Å². The molecule has 2 atom stereocenters. The molecule has 1 N–H and O–H groups in total. The average molecular weight is 337 g/mol. The van der Waals surface area contributed by atoms with E-state index in [1.165, 1.54) is 6.26 Å². The van der Waals surface area contributed by atoms with E-state index in [0.29, 0.717) is 17.2 Å². The highest BCUT2D eigenvalue weighted by molar-refractivity contribution is 7.89. The molecule has 1 aliphatic carbocycles. The summed E-state index contributed by atoms with van der Waals surface area (Å²) in [6, 6.07) is 7.14. The Kier molecular flexibility index (Phi) is 5.19. The topological polar surface area (TPSA) is 63.2 Å². The van der Waals surface area contributed by atoms with E-state index in [2.05, 4.69) is 26.1 Å². The van der Waals surface area contributed by atoms with Crippen molar-refractivity contribution in [1.29, 1.82) is 0 Å². The Labute approximate surface area is 139 Å². The normalized spacial score (nSPS) is 24.2. The molecule has 5 heteroatoms. The molecule has 23 heavy (non-hydrogen) atoms. The summed E-state index contributed by atoms with van der Waals surface area (Å²) in [7, 11) is -3.14. The van der Waals surface area contributed by atoms with Crippen molar-refractivity contribution in [2.45, 2.75) is 45.8 Å². The van der Waals surface area contributed by atoms with Gasteiger partial charge in [-0.15, -0.1) is 0 Å². The molecule has 1 fully saturated rings. The number of carbonyl (C=O) groups is 1. The second-order valence-corrected chi connectivity index (χ2v) is 9.97. The largest absolute Gasteiger partial charge is 0.326 e. The van der Waals surface area contributed by atoms with Crippen molar-refractivity contribution in [3.63, 3.8) is 0 Å². The molecule has 1 aromatic carbocycles. The van der Waals surface area contributed by atoms with Crippen LogP contribution in [0.25, 0.3) is 0 Å². The van der Waals surface area contributed by atoms with Crippen LogP contribution in [-0.4, -0.2) is 20.6 Å². The highest BCUT2D eigenvalue weighted by Gasteiger charge is 2.35. The molecule has 1 saturated carbocycles. The Morgan fingerprint density at radius 2 is 1.91 bits per heavy atom. The van der Waals surface area contributed by atoms with Gasteiger partial charge in [-0.25, -0.2) is 8.42 Å². The fourth-order valence-electron chi connectivity index (χ4n) is 3.83. The van der Waals surface area contributed by atoms with Gasteiger partial charge in [0, 0.05) is 17.9 Å². The van der Waals surface area contributed by atoms with Crippen molar-refractivity contribution in [3.8, 4) is 0 Å². The van der Waals surface area contributed by atoms with Crippen LogP contribution in [0.15, 0.2) is 24.3 Å². The quantitative estimate of drug-likeness (QED) is 0.912. The van der Waals surface area contributed by atoms with Gasteiger partial charge in [0.1, 0.15) is 0 Å². The molecule has 0 bridgehead atoms. The molecular weight excluding hydrogens is 310 g/mol. The van der Waals surface area contributed by atoms with E-state index in [9.17, 15) is 13.2 Å². The van der Waals surface area contributed by atoms with Crippen molar-refractivity contribution < 1.29 is 13.2 Å². The van der Waals surface area contributed by atoms with Crippen LogP contribution in [0.2, 0.25) is 0 Å². The highest BCUT2D eigenvalue weighted by Crippen LogP contribution is 2.42. The SMILES string of the molecule is C[C@@H]1C[C@@H](C(=O)Nc2ccccc2CS(C)(=O)=O)CC(C)(C)C1. The number of sulfone groups is 1. The number of amides is 1. The Balaban J connectivity index is 2.14. The Hall–Kier alpha value is -1.36. The first-order chi connectivity index (χ1) is 10.6. The molecule has 0 aromatic heterocycles. The predicted octanol–water partition coefficient (Wildman–Crippen LogP) is 3.63. The number of hydrogen-bond acceptors (Lipinski definition) is 3. The number of rotatable bonds is 4. The number of hydrogen-bond donors (Lipinski definition) is 1. The zero-order valence-electron chi connectivity index (χ0n) is 14.4. The molecule has 1 amide bonds. The maximum atomic E-state index is 12.7. The first kappa shape index (κ1) is 18.0. The molecule has 0 radical (unpaired) electrons. The lowest BCUT2D eigenvalue weighted by atomic mass is 9.68. The molecule has 4 nitrogen and oxygen atoms in total. The first-order valence-electron chi connectivity index (χ1n) is 8.12. The summed E-state index contributed by atoms with van der Waals surface area (Å²) < 4.78 is 23.1. The summed E-state index contributed by atoms with van der Waals surface area (Å²) in [5.74, 6) is 0.460. The minimum atomic E-state index is -3.14. The van der Waals surface area contributed by atoms with Crippen LogP contribution in [0.3, 0.4) is 0 Å². The van der Waals surface area contributed by atoms with Gasteiger partial charge in [0.05, 0.1) is 5.75 Å². The van der Waals surface area contributed by atoms with Gasteiger partial charge in [-0.3, -0.25) is 4.79 Å². The standard InChI is InChI=1S/C18H27NO3S/c1-13-9-15(11-18(2,3)10-13)17(20)19-16-8-6-5-7-14(16)12-23(4,21)22/h5-8,13,15H,9-12H2,1-4H3,(H,19,20)/t13-,15-/m1/s1. The van der Waals surface area contributed by atoms with Crippen molar-refractivity contribution in [2.24, 2.45) is 17.3 Å². The van der Waals surface area contributed by atoms with Crippen molar-refractivity contribution in [2.75, 3.05) is 11.6 Å². The highest BCUT2D eigenvalue weighted by atomic mass is 32.2. The van der Waals surface area contributed by atoms with E-state index in [1.807, 2.05) is 6.07 Å². The zero-order chi connectivity index (χ0) is 17.3. The lowest BCUT2D eigenvalue weighted by Crippen LogP contribution is -2.35. The summed E-state index contributed by atoms with van der Waals surface area (Å²) >= 11 is 0. The molecule has 128 valence electrons. The van der Waals surface area contributed by atoms with Crippen LogP contribution < -0.4 is 5.32 Å². The summed E-state index contributed by atoms with van der Waals surface area (Å²) in [4.78, 5) is 12.7. The summed E-state index contributed by atoms with van der Waals surface area (Å²) in [5, 5.41) is 2.96. The monoisotopic (exact) mass is 337 g/mol. The number of nitrogens with one attached hydrogen (secondary N) is 1. The Bertz CT molecular complexity index is 679. The van der Waals surface area contributed by atoms with Crippen molar-refractivity contribution in [3.05, 3.63) is 29.8 Å².